The molecule has 1 aliphatic heterocycles. The summed E-state index contributed by atoms with van der Waals surface area (Å²) >= 11 is 0. The van der Waals surface area contributed by atoms with Gasteiger partial charge in [-0.05, 0) is 51.6 Å². The van der Waals surface area contributed by atoms with Crippen LogP contribution >= 0.6 is 0 Å². The molecule has 2 rings (SSSR count). The molecule has 0 amide bonds. The quantitative estimate of drug-likeness (QED) is 0.561. The number of piperidine rings is 1. The summed E-state index contributed by atoms with van der Waals surface area (Å²) in [6.45, 7) is 6.65. The summed E-state index contributed by atoms with van der Waals surface area (Å²) in [5.74, 6) is 0.595. The molecule has 0 aromatic rings. The summed E-state index contributed by atoms with van der Waals surface area (Å²) in [6.07, 6.45) is 8.73. The lowest BCUT2D eigenvalue weighted by Gasteiger charge is -2.29. The molecule has 0 bridgehead atoms. The van der Waals surface area contributed by atoms with Crippen LogP contribution in [-0.2, 0) is 9.53 Å². The zero-order chi connectivity index (χ0) is 13.5. The van der Waals surface area contributed by atoms with E-state index < -0.39 is 0 Å². The van der Waals surface area contributed by atoms with Gasteiger partial charge in [-0.1, -0.05) is 6.08 Å². The van der Waals surface area contributed by atoms with E-state index in [1.165, 1.54) is 32.2 Å². The highest BCUT2D eigenvalue weighted by Crippen LogP contribution is 2.28. The van der Waals surface area contributed by atoms with Crippen molar-refractivity contribution in [2.45, 2.75) is 38.6 Å². The summed E-state index contributed by atoms with van der Waals surface area (Å²) in [5, 5.41) is 3.41. The number of carbonyl (C=O) groups is 1. The Kier molecular flexibility index (Phi) is 5.86. The smallest absolute Gasteiger partial charge is 0.330 e. The van der Waals surface area contributed by atoms with Gasteiger partial charge in [0.1, 0.15) is 0 Å². The second-order valence-corrected chi connectivity index (χ2v) is 5.53. The minimum Gasteiger partial charge on any atom is -0.463 e. The van der Waals surface area contributed by atoms with E-state index in [1.807, 2.05) is 13.0 Å². The largest absolute Gasteiger partial charge is 0.463 e. The SMILES string of the molecule is CCOC(=O)/C=C/CN(CC1CCNCC1)C1CC1. The Bertz CT molecular complexity index is 307. The standard InChI is InChI=1S/C15H26N2O2/c1-2-19-15(18)4-3-11-17(14-5-6-14)12-13-7-9-16-10-8-13/h3-4,13-14,16H,2,5-12H2,1H3/b4-3+. The molecule has 1 heterocycles. The molecular weight excluding hydrogens is 240 g/mol. The third-order valence-corrected chi connectivity index (χ3v) is 3.90. The van der Waals surface area contributed by atoms with Gasteiger partial charge < -0.3 is 10.1 Å². The second-order valence-electron chi connectivity index (χ2n) is 5.53. The van der Waals surface area contributed by atoms with Gasteiger partial charge in [0, 0.05) is 25.2 Å². The number of nitrogens with one attached hydrogen (secondary N) is 1. The Balaban J connectivity index is 1.74. The minimum absolute atomic E-state index is 0.222. The monoisotopic (exact) mass is 266 g/mol. The fourth-order valence-electron chi connectivity index (χ4n) is 2.68. The molecule has 0 aromatic carbocycles. The summed E-state index contributed by atoms with van der Waals surface area (Å²) in [4.78, 5) is 13.8. The average Bonchev–Trinajstić information content (AvgIpc) is 3.23. The summed E-state index contributed by atoms with van der Waals surface area (Å²) in [7, 11) is 0. The van der Waals surface area contributed by atoms with E-state index in [9.17, 15) is 4.79 Å². The van der Waals surface area contributed by atoms with E-state index in [0.29, 0.717) is 6.61 Å². The van der Waals surface area contributed by atoms with E-state index in [2.05, 4.69) is 10.2 Å². The zero-order valence-electron chi connectivity index (χ0n) is 11.9. The summed E-state index contributed by atoms with van der Waals surface area (Å²) in [6, 6.07) is 0.752. The van der Waals surface area contributed by atoms with Crippen LogP contribution in [0, 0.1) is 5.92 Å². The van der Waals surface area contributed by atoms with Gasteiger partial charge in [-0.25, -0.2) is 4.79 Å². The molecule has 1 saturated heterocycles. The van der Waals surface area contributed by atoms with E-state index in [-0.39, 0.29) is 5.97 Å². The van der Waals surface area contributed by atoms with Gasteiger partial charge in [-0.3, -0.25) is 4.90 Å². The maximum atomic E-state index is 11.3. The first-order valence-corrected chi connectivity index (χ1v) is 7.57. The molecule has 4 nitrogen and oxygen atoms in total. The molecule has 0 spiro atoms. The molecule has 2 fully saturated rings. The maximum Gasteiger partial charge on any atom is 0.330 e. The number of esters is 1. The Morgan fingerprint density at radius 2 is 2.05 bits per heavy atom. The van der Waals surface area contributed by atoms with Crippen molar-refractivity contribution in [3.05, 3.63) is 12.2 Å². The third-order valence-electron chi connectivity index (χ3n) is 3.90. The van der Waals surface area contributed by atoms with Crippen LogP contribution in [-0.4, -0.2) is 49.7 Å². The van der Waals surface area contributed by atoms with Crippen molar-refractivity contribution in [2.75, 3.05) is 32.8 Å². The van der Waals surface area contributed by atoms with E-state index in [0.717, 1.165) is 31.6 Å². The first-order chi connectivity index (χ1) is 9.29. The van der Waals surface area contributed by atoms with Crippen molar-refractivity contribution in [2.24, 2.45) is 5.92 Å². The lowest BCUT2D eigenvalue weighted by molar-refractivity contribution is -0.137. The van der Waals surface area contributed by atoms with Gasteiger partial charge in [0.15, 0.2) is 0 Å². The van der Waals surface area contributed by atoms with Crippen LogP contribution in [0.3, 0.4) is 0 Å². The lowest BCUT2D eigenvalue weighted by atomic mass is 9.97. The van der Waals surface area contributed by atoms with Gasteiger partial charge in [0.2, 0.25) is 0 Å². The molecule has 0 unspecified atom stereocenters. The highest BCUT2D eigenvalue weighted by Gasteiger charge is 2.30. The highest BCUT2D eigenvalue weighted by atomic mass is 16.5. The molecule has 1 N–H and O–H groups in total. The molecule has 108 valence electrons. The predicted octanol–water partition coefficient (Wildman–Crippen LogP) is 1.57. The Morgan fingerprint density at radius 3 is 2.68 bits per heavy atom. The molecule has 0 atom stereocenters. The fraction of sp³-hybridized carbons (Fsp3) is 0.800. The highest BCUT2D eigenvalue weighted by molar-refractivity contribution is 5.81. The van der Waals surface area contributed by atoms with Crippen LogP contribution < -0.4 is 5.32 Å². The third kappa shape index (κ3) is 5.33. The van der Waals surface area contributed by atoms with Crippen LogP contribution in [0.15, 0.2) is 12.2 Å². The molecule has 1 aliphatic carbocycles. The normalized spacial score (nSPS) is 21.2. The lowest BCUT2D eigenvalue weighted by Crippen LogP contribution is -2.37. The fourth-order valence-corrected chi connectivity index (χ4v) is 2.68. The molecule has 1 saturated carbocycles. The van der Waals surface area contributed by atoms with Gasteiger partial charge in [0.25, 0.3) is 0 Å². The molecule has 2 aliphatic rings. The number of carbonyl (C=O) groups excluding carboxylic acids is 1. The second kappa shape index (κ2) is 7.65. The van der Waals surface area contributed by atoms with Crippen molar-refractivity contribution in [3.63, 3.8) is 0 Å². The molecule has 0 aromatic heterocycles. The van der Waals surface area contributed by atoms with E-state index in [4.69, 9.17) is 4.74 Å². The van der Waals surface area contributed by atoms with Gasteiger partial charge in [0.05, 0.1) is 6.61 Å². The molecule has 4 heteroatoms. The number of rotatable bonds is 7. The number of ether oxygens (including phenoxy) is 1. The Labute approximate surface area is 116 Å². The number of hydrogen-bond acceptors (Lipinski definition) is 4. The Morgan fingerprint density at radius 1 is 1.32 bits per heavy atom. The van der Waals surface area contributed by atoms with E-state index >= 15 is 0 Å². The van der Waals surface area contributed by atoms with Crippen LogP contribution in [0.1, 0.15) is 32.6 Å². The van der Waals surface area contributed by atoms with Crippen LogP contribution in [0.5, 0.6) is 0 Å². The first-order valence-electron chi connectivity index (χ1n) is 7.57. The van der Waals surface area contributed by atoms with Crippen LogP contribution in [0.4, 0.5) is 0 Å². The predicted molar refractivity (Wildman–Crippen MR) is 76.0 cm³/mol. The van der Waals surface area contributed by atoms with Gasteiger partial charge in [-0.15, -0.1) is 0 Å². The van der Waals surface area contributed by atoms with Gasteiger partial charge >= 0.3 is 5.97 Å². The summed E-state index contributed by atoms with van der Waals surface area (Å²) < 4.78 is 4.90. The van der Waals surface area contributed by atoms with Crippen LogP contribution in [0.25, 0.3) is 0 Å². The van der Waals surface area contributed by atoms with Crippen molar-refractivity contribution >= 4 is 5.97 Å². The maximum absolute atomic E-state index is 11.3. The molecule has 0 radical (unpaired) electrons. The number of nitrogens with zero attached hydrogens (tertiary/aromatic N) is 1. The topological polar surface area (TPSA) is 41.6 Å². The van der Waals surface area contributed by atoms with Crippen molar-refractivity contribution in [1.29, 1.82) is 0 Å². The van der Waals surface area contributed by atoms with Crippen molar-refractivity contribution in [1.82, 2.24) is 10.2 Å². The first kappa shape index (κ1) is 14.5. The number of hydrogen-bond donors (Lipinski definition) is 1. The van der Waals surface area contributed by atoms with Crippen molar-refractivity contribution < 1.29 is 9.53 Å². The average molecular weight is 266 g/mol. The summed E-state index contributed by atoms with van der Waals surface area (Å²) in [5.41, 5.74) is 0. The minimum atomic E-state index is -0.222. The Hall–Kier alpha value is -0.870. The molecule has 19 heavy (non-hydrogen) atoms. The van der Waals surface area contributed by atoms with E-state index in [1.54, 1.807) is 6.08 Å². The van der Waals surface area contributed by atoms with Gasteiger partial charge in [-0.2, -0.15) is 0 Å². The van der Waals surface area contributed by atoms with Crippen molar-refractivity contribution in [3.8, 4) is 0 Å². The zero-order valence-corrected chi connectivity index (χ0v) is 11.9. The molecular formula is C15H26N2O2. The van der Waals surface area contributed by atoms with Crippen LogP contribution in [0.2, 0.25) is 0 Å².